The quantitative estimate of drug-likeness (QED) is 0.826. The number of aromatic hydroxyl groups is 2. The van der Waals surface area contributed by atoms with Crippen LogP contribution in [-0.4, -0.2) is 15.2 Å². The molecule has 4 heteroatoms. The maximum Gasteiger partial charge on any atom is 0.127 e. The van der Waals surface area contributed by atoms with Crippen molar-refractivity contribution >= 4 is 0 Å². The van der Waals surface area contributed by atoms with Crippen molar-refractivity contribution in [3.63, 3.8) is 0 Å². The molecule has 82 valence electrons. The molecular formula is C12H11NO3. The number of rotatable bonds is 3. The van der Waals surface area contributed by atoms with Crippen LogP contribution in [0.3, 0.4) is 0 Å². The Labute approximate surface area is 92.8 Å². The largest absolute Gasteiger partial charge is 0.508 e. The Bertz CT molecular complexity index is 451. The summed E-state index contributed by atoms with van der Waals surface area (Å²) >= 11 is 0. The zero-order valence-electron chi connectivity index (χ0n) is 8.50. The molecule has 0 aliphatic carbocycles. The van der Waals surface area contributed by atoms with Gasteiger partial charge in [-0.2, -0.15) is 0 Å². The summed E-state index contributed by atoms with van der Waals surface area (Å²) in [6, 6.07) is 7.83. The molecule has 0 aliphatic heterocycles. The van der Waals surface area contributed by atoms with Gasteiger partial charge in [-0.1, -0.05) is 6.07 Å². The predicted molar refractivity (Wildman–Crippen MR) is 58.3 cm³/mol. The fourth-order valence-corrected chi connectivity index (χ4v) is 1.30. The van der Waals surface area contributed by atoms with Gasteiger partial charge in [-0.3, -0.25) is 4.98 Å². The van der Waals surface area contributed by atoms with Crippen molar-refractivity contribution in [2.24, 2.45) is 0 Å². The van der Waals surface area contributed by atoms with E-state index in [1.165, 1.54) is 18.2 Å². The average Bonchev–Trinajstić information content (AvgIpc) is 2.27. The van der Waals surface area contributed by atoms with Crippen molar-refractivity contribution in [2.75, 3.05) is 0 Å². The smallest absolute Gasteiger partial charge is 0.127 e. The van der Waals surface area contributed by atoms with Crippen LogP contribution in [0.15, 0.2) is 42.7 Å². The van der Waals surface area contributed by atoms with E-state index in [-0.39, 0.29) is 11.5 Å². The molecule has 0 amide bonds. The molecule has 0 spiro atoms. The normalized spacial score (nSPS) is 10.0. The Morgan fingerprint density at radius 1 is 1.12 bits per heavy atom. The highest BCUT2D eigenvalue weighted by Gasteiger charge is 2.00. The van der Waals surface area contributed by atoms with Gasteiger partial charge in [-0.15, -0.1) is 0 Å². The summed E-state index contributed by atoms with van der Waals surface area (Å²) in [6.45, 7) is 0.344. The third-order valence-electron chi connectivity index (χ3n) is 2.00. The predicted octanol–water partition coefficient (Wildman–Crippen LogP) is 2.07. The summed E-state index contributed by atoms with van der Waals surface area (Å²) in [5.74, 6) is 0.365. The third-order valence-corrected chi connectivity index (χ3v) is 2.00. The van der Waals surface area contributed by atoms with Crippen LogP contribution in [0.2, 0.25) is 0 Å². The fourth-order valence-electron chi connectivity index (χ4n) is 1.30. The molecule has 0 bridgehead atoms. The minimum atomic E-state index is -0.0267. The van der Waals surface area contributed by atoms with Crippen molar-refractivity contribution in [3.8, 4) is 17.2 Å². The Balaban J connectivity index is 2.05. The van der Waals surface area contributed by atoms with Crippen molar-refractivity contribution in [2.45, 2.75) is 6.61 Å². The van der Waals surface area contributed by atoms with Crippen molar-refractivity contribution in [1.82, 2.24) is 4.98 Å². The van der Waals surface area contributed by atoms with E-state index in [0.29, 0.717) is 12.4 Å². The molecule has 0 aliphatic rings. The summed E-state index contributed by atoms with van der Waals surface area (Å²) in [4.78, 5) is 3.95. The number of nitrogens with zero attached hydrogens (tertiary/aromatic N) is 1. The maximum atomic E-state index is 9.24. The molecule has 4 nitrogen and oxygen atoms in total. The average molecular weight is 217 g/mol. The van der Waals surface area contributed by atoms with Crippen LogP contribution in [0.5, 0.6) is 17.2 Å². The molecule has 16 heavy (non-hydrogen) atoms. The van der Waals surface area contributed by atoms with Gasteiger partial charge in [0.2, 0.25) is 0 Å². The van der Waals surface area contributed by atoms with E-state index in [9.17, 15) is 10.2 Å². The van der Waals surface area contributed by atoms with Crippen LogP contribution >= 0.6 is 0 Å². The highest BCUT2D eigenvalue weighted by molar-refractivity contribution is 5.40. The number of aromatic nitrogens is 1. The Kier molecular flexibility index (Phi) is 2.91. The zero-order valence-corrected chi connectivity index (χ0v) is 8.50. The Morgan fingerprint density at radius 3 is 2.50 bits per heavy atom. The summed E-state index contributed by atoms with van der Waals surface area (Å²) in [6.07, 6.45) is 3.38. The Hall–Kier alpha value is -2.23. The van der Waals surface area contributed by atoms with E-state index in [1.54, 1.807) is 12.4 Å². The van der Waals surface area contributed by atoms with Gasteiger partial charge in [0.25, 0.3) is 0 Å². The van der Waals surface area contributed by atoms with Crippen LogP contribution in [0.1, 0.15) is 5.56 Å². The van der Waals surface area contributed by atoms with Gasteiger partial charge in [-0.05, 0) is 6.07 Å². The molecule has 0 unspecified atom stereocenters. The van der Waals surface area contributed by atoms with Crippen LogP contribution < -0.4 is 4.74 Å². The van der Waals surface area contributed by atoms with Crippen molar-refractivity contribution < 1.29 is 14.9 Å². The first kappa shape index (κ1) is 10.3. The van der Waals surface area contributed by atoms with Crippen LogP contribution in [0, 0.1) is 0 Å². The van der Waals surface area contributed by atoms with Gasteiger partial charge in [0.1, 0.15) is 23.9 Å². The third kappa shape index (κ3) is 2.63. The second-order valence-electron chi connectivity index (χ2n) is 3.34. The van der Waals surface area contributed by atoms with Crippen molar-refractivity contribution in [1.29, 1.82) is 0 Å². The molecule has 0 saturated carbocycles. The van der Waals surface area contributed by atoms with Gasteiger partial charge < -0.3 is 14.9 Å². The van der Waals surface area contributed by atoms with Crippen LogP contribution in [0.25, 0.3) is 0 Å². The Morgan fingerprint density at radius 2 is 1.88 bits per heavy atom. The first-order chi connectivity index (χ1) is 7.74. The zero-order chi connectivity index (χ0) is 11.4. The first-order valence-electron chi connectivity index (χ1n) is 4.79. The van der Waals surface area contributed by atoms with Gasteiger partial charge in [0.05, 0.1) is 0 Å². The van der Waals surface area contributed by atoms with E-state index in [0.717, 1.165) is 5.56 Å². The van der Waals surface area contributed by atoms with Gasteiger partial charge in [-0.25, -0.2) is 0 Å². The lowest BCUT2D eigenvalue weighted by Crippen LogP contribution is -1.95. The number of ether oxygens (including phenoxy) is 1. The number of phenols is 2. The highest BCUT2D eigenvalue weighted by Crippen LogP contribution is 2.26. The van der Waals surface area contributed by atoms with E-state index < -0.39 is 0 Å². The molecule has 1 aromatic heterocycles. The summed E-state index contributed by atoms with van der Waals surface area (Å²) in [7, 11) is 0. The molecule has 2 aromatic rings. The summed E-state index contributed by atoms with van der Waals surface area (Å²) in [5.41, 5.74) is 0.922. The lowest BCUT2D eigenvalue weighted by Gasteiger charge is -2.06. The lowest BCUT2D eigenvalue weighted by atomic mass is 10.3. The molecule has 0 saturated heterocycles. The first-order valence-corrected chi connectivity index (χ1v) is 4.79. The number of pyridine rings is 1. The molecule has 0 radical (unpaired) electrons. The molecule has 2 N–H and O–H groups in total. The molecule has 1 heterocycles. The molecule has 1 aromatic carbocycles. The van der Waals surface area contributed by atoms with E-state index in [2.05, 4.69) is 4.98 Å². The molecule has 0 atom stereocenters. The highest BCUT2D eigenvalue weighted by atomic mass is 16.5. The van der Waals surface area contributed by atoms with E-state index in [4.69, 9.17) is 4.74 Å². The van der Waals surface area contributed by atoms with Gasteiger partial charge in [0, 0.05) is 36.2 Å². The second-order valence-corrected chi connectivity index (χ2v) is 3.34. The summed E-state index contributed by atoms with van der Waals surface area (Å²) < 4.78 is 5.39. The second kappa shape index (κ2) is 4.53. The molecule has 2 rings (SSSR count). The SMILES string of the molecule is Oc1cc(O)cc(OCc2cccnc2)c1. The van der Waals surface area contributed by atoms with Crippen molar-refractivity contribution in [3.05, 3.63) is 48.3 Å². The number of hydrogen-bond donors (Lipinski definition) is 2. The standard InChI is InChI=1S/C12H11NO3/c14-10-4-11(15)6-12(5-10)16-8-9-2-1-3-13-7-9/h1-7,14-15H,8H2. The van der Waals surface area contributed by atoms with Crippen LogP contribution in [-0.2, 0) is 6.61 Å². The topological polar surface area (TPSA) is 62.6 Å². The minimum absolute atomic E-state index is 0.0267. The number of hydrogen-bond acceptors (Lipinski definition) is 4. The number of benzene rings is 1. The van der Waals surface area contributed by atoms with Gasteiger partial charge >= 0.3 is 0 Å². The van der Waals surface area contributed by atoms with E-state index in [1.807, 2.05) is 12.1 Å². The fraction of sp³-hybridized carbons (Fsp3) is 0.0833. The minimum Gasteiger partial charge on any atom is -0.508 e. The van der Waals surface area contributed by atoms with E-state index >= 15 is 0 Å². The molecular weight excluding hydrogens is 206 g/mol. The molecule has 0 fully saturated rings. The monoisotopic (exact) mass is 217 g/mol. The van der Waals surface area contributed by atoms with Crippen LogP contribution in [0.4, 0.5) is 0 Å². The summed E-state index contributed by atoms with van der Waals surface area (Å²) in [5, 5.41) is 18.5. The van der Waals surface area contributed by atoms with Gasteiger partial charge in [0.15, 0.2) is 0 Å². The lowest BCUT2D eigenvalue weighted by molar-refractivity contribution is 0.302. The number of phenolic OH excluding ortho intramolecular Hbond substituents is 2. The maximum absolute atomic E-state index is 9.24.